The summed E-state index contributed by atoms with van der Waals surface area (Å²) in [7, 11) is 1.68. The van der Waals surface area contributed by atoms with Gasteiger partial charge in [-0.15, -0.1) is 0 Å². The summed E-state index contributed by atoms with van der Waals surface area (Å²) in [5.74, 6) is 0.598. The van der Waals surface area contributed by atoms with Crippen molar-refractivity contribution in [2.24, 2.45) is 0 Å². The minimum atomic E-state index is -0.539. The molecule has 112 valence electrons. The van der Waals surface area contributed by atoms with Gasteiger partial charge in [0.1, 0.15) is 5.76 Å². The summed E-state index contributed by atoms with van der Waals surface area (Å²) < 4.78 is 5.18. The summed E-state index contributed by atoms with van der Waals surface area (Å²) >= 11 is 0. The molecule has 0 bridgehead atoms. The highest BCUT2D eigenvalue weighted by atomic mass is 16.3. The highest BCUT2D eigenvalue weighted by molar-refractivity contribution is 5.76. The SMILES string of the molecule is Cc1[nH]c(=O)[nH]c(=O)c1CCC(=O)N(C)Cc1ccco1. The Morgan fingerprint density at radius 2 is 2.10 bits per heavy atom. The lowest BCUT2D eigenvalue weighted by Crippen LogP contribution is -2.30. The molecule has 2 aromatic rings. The number of nitrogens with zero attached hydrogens (tertiary/aromatic N) is 1. The Kier molecular flexibility index (Phi) is 4.42. The molecule has 1 amide bonds. The highest BCUT2D eigenvalue weighted by Crippen LogP contribution is 2.07. The minimum absolute atomic E-state index is 0.101. The van der Waals surface area contributed by atoms with Crippen molar-refractivity contribution in [1.82, 2.24) is 14.9 Å². The van der Waals surface area contributed by atoms with Crippen molar-refractivity contribution >= 4 is 5.91 Å². The van der Waals surface area contributed by atoms with Crippen molar-refractivity contribution in [2.75, 3.05) is 7.05 Å². The molecule has 7 heteroatoms. The molecule has 0 aromatic carbocycles. The largest absolute Gasteiger partial charge is 0.467 e. The fraction of sp³-hybridized carbons (Fsp3) is 0.357. The second-order valence-corrected chi connectivity index (χ2v) is 4.84. The monoisotopic (exact) mass is 291 g/mol. The molecule has 2 rings (SSSR count). The van der Waals surface area contributed by atoms with E-state index in [4.69, 9.17) is 4.42 Å². The first-order valence-electron chi connectivity index (χ1n) is 6.56. The average Bonchev–Trinajstić information content (AvgIpc) is 2.89. The normalized spacial score (nSPS) is 10.6. The number of hydrogen-bond acceptors (Lipinski definition) is 4. The molecule has 0 saturated carbocycles. The fourth-order valence-electron chi connectivity index (χ4n) is 2.07. The maximum atomic E-state index is 12.0. The molecule has 0 aliphatic heterocycles. The van der Waals surface area contributed by atoms with Crippen molar-refractivity contribution in [3.05, 3.63) is 56.3 Å². The molecule has 0 spiro atoms. The van der Waals surface area contributed by atoms with Gasteiger partial charge in [-0.3, -0.25) is 14.6 Å². The van der Waals surface area contributed by atoms with E-state index in [1.807, 2.05) is 0 Å². The number of carbonyl (C=O) groups is 1. The van der Waals surface area contributed by atoms with E-state index >= 15 is 0 Å². The van der Waals surface area contributed by atoms with Crippen LogP contribution in [0.2, 0.25) is 0 Å². The molecule has 0 saturated heterocycles. The lowest BCUT2D eigenvalue weighted by atomic mass is 10.1. The first kappa shape index (κ1) is 14.8. The summed E-state index contributed by atoms with van der Waals surface area (Å²) in [6.07, 6.45) is 2.02. The van der Waals surface area contributed by atoms with E-state index in [9.17, 15) is 14.4 Å². The van der Waals surface area contributed by atoms with E-state index in [0.717, 1.165) is 0 Å². The van der Waals surface area contributed by atoms with E-state index in [1.165, 1.54) is 4.90 Å². The fourth-order valence-corrected chi connectivity index (χ4v) is 2.07. The van der Waals surface area contributed by atoms with Gasteiger partial charge >= 0.3 is 5.69 Å². The maximum Gasteiger partial charge on any atom is 0.325 e. The number of furan rings is 1. The van der Waals surface area contributed by atoms with Crippen molar-refractivity contribution in [3.8, 4) is 0 Å². The summed E-state index contributed by atoms with van der Waals surface area (Å²) in [6.45, 7) is 2.02. The second kappa shape index (κ2) is 6.25. The molecule has 0 aliphatic rings. The van der Waals surface area contributed by atoms with E-state index in [0.29, 0.717) is 23.6 Å². The molecule has 7 nitrogen and oxygen atoms in total. The zero-order valence-corrected chi connectivity index (χ0v) is 11.9. The van der Waals surface area contributed by atoms with Gasteiger partial charge < -0.3 is 14.3 Å². The summed E-state index contributed by atoms with van der Waals surface area (Å²) in [4.78, 5) is 41.0. The standard InChI is InChI=1S/C14H17N3O4/c1-9-11(13(19)16-14(20)15-9)5-6-12(18)17(2)8-10-4-3-7-21-10/h3-4,7H,5-6,8H2,1-2H3,(H2,15,16,19,20). The van der Waals surface area contributed by atoms with Crippen LogP contribution in [0.1, 0.15) is 23.4 Å². The van der Waals surface area contributed by atoms with Crippen LogP contribution in [0.25, 0.3) is 0 Å². The Morgan fingerprint density at radius 1 is 1.33 bits per heavy atom. The molecule has 2 aromatic heterocycles. The third-order valence-electron chi connectivity index (χ3n) is 3.24. The quantitative estimate of drug-likeness (QED) is 0.840. The summed E-state index contributed by atoms with van der Waals surface area (Å²) in [5, 5.41) is 0. The van der Waals surface area contributed by atoms with Gasteiger partial charge in [-0.05, 0) is 25.5 Å². The van der Waals surface area contributed by atoms with Gasteiger partial charge in [-0.25, -0.2) is 4.79 Å². The minimum Gasteiger partial charge on any atom is -0.467 e. The Balaban J connectivity index is 1.98. The average molecular weight is 291 g/mol. The molecule has 21 heavy (non-hydrogen) atoms. The van der Waals surface area contributed by atoms with Gasteiger partial charge in [0, 0.05) is 24.7 Å². The first-order valence-corrected chi connectivity index (χ1v) is 6.56. The van der Waals surface area contributed by atoms with Gasteiger partial charge in [0.05, 0.1) is 12.8 Å². The van der Waals surface area contributed by atoms with Crippen molar-refractivity contribution in [1.29, 1.82) is 0 Å². The van der Waals surface area contributed by atoms with Crippen LogP contribution in [0.15, 0.2) is 32.4 Å². The molecule has 0 radical (unpaired) electrons. The van der Waals surface area contributed by atoms with Gasteiger partial charge in [0.25, 0.3) is 5.56 Å². The molecular formula is C14H17N3O4. The topological polar surface area (TPSA) is 99.2 Å². The predicted octanol–water partition coefficient (Wildman–Crippen LogP) is 0.556. The van der Waals surface area contributed by atoms with Gasteiger partial charge in [-0.1, -0.05) is 0 Å². The van der Waals surface area contributed by atoms with Crippen LogP contribution < -0.4 is 11.2 Å². The number of aryl methyl sites for hydroxylation is 1. The predicted molar refractivity (Wildman–Crippen MR) is 75.9 cm³/mol. The Labute approximate surface area is 120 Å². The van der Waals surface area contributed by atoms with Gasteiger partial charge in [0.2, 0.25) is 5.91 Å². The lowest BCUT2D eigenvalue weighted by Gasteiger charge is -2.15. The number of nitrogens with one attached hydrogen (secondary N) is 2. The lowest BCUT2D eigenvalue weighted by molar-refractivity contribution is -0.130. The number of H-pyrrole nitrogens is 2. The van der Waals surface area contributed by atoms with E-state index < -0.39 is 11.2 Å². The van der Waals surface area contributed by atoms with Crippen molar-refractivity contribution < 1.29 is 9.21 Å². The maximum absolute atomic E-state index is 12.0. The van der Waals surface area contributed by atoms with Crippen LogP contribution in [0, 0.1) is 6.92 Å². The van der Waals surface area contributed by atoms with E-state index in [1.54, 1.807) is 32.4 Å². The number of carbonyl (C=O) groups excluding carboxylic acids is 1. The highest BCUT2D eigenvalue weighted by Gasteiger charge is 2.13. The smallest absolute Gasteiger partial charge is 0.325 e. The van der Waals surface area contributed by atoms with Crippen molar-refractivity contribution in [3.63, 3.8) is 0 Å². The molecule has 0 fully saturated rings. The van der Waals surface area contributed by atoms with Crippen LogP contribution >= 0.6 is 0 Å². The van der Waals surface area contributed by atoms with Gasteiger partial charge in [-0.2, -0.15) is 0 Å². The molecule has 2 heterocycles. The summed E-state index contributed by atoms with van der Waals surface area (Å²) in [6, 6.07) is 3.55. The number of hydrogen-bond donors (Lipinski definition) is 2. The number of aromatic nitrogens is 2. The third kappa shape index (κ3) is 3.71. The van der Waals surface area contributed by atoms with Crippen LogP contribution in [-0.2, 0) is 17.8 Å². The molecular weight excluding hydrogens is 274 g/mol. The van der Waals surface area contributed by atoms with Crippen LogP contribution in [0.4, 0.5) is 0 Å². The van der Waals surface area contributed by atoms with Crippen molar-refractivity contribution in [2.45, 2.75) is 26.3 Å². The van der Waals surface area contributed by atoms with Crippen LogP contribution in [0.3, 0.4) is 0 Å². The van der Waals surface area contributed by atoms with Gasteiger partial charge in [0.15, 0.2) is 0 Å². The molecule has 2 N–H and O–H groups in total. The van der Waals surface area contributed by atoms with E-state index in [2.05, 4.69) is 9.97 Å². The number of rotatable bonds is 5. The molecule has 0 unspecified atom stereocenters. The first-order chi connectivity index (χ1) is 9.97. The van der Waals surface area contributed by atoms with E-state index in [-0.39, 0.29) is 18.7 Å². The molecule has 0 atom stereocenters. The Hall–Kier alpha value is -2.57. The zero-order chi connectivity index (χ0) is 15.4. The zero-order valence-electron chi connectivity index (χ0n) is 11.9. The second-order valence-electron chi connectivity index (χ2n) is 4.84. The molecule has 0 aliphatic carbocycles. The number of aromatic amines is 2. The number of amides is 1. The van der Waals surface area contributed by atoms with Crippen LogP contribution in [-0.4, -0.2) is 27.8 Å². The summed E-state index contributed by atoms with van der Waals surface area (Å²) in [5.41, 5.74) is -0.0696. The Morgan fingerprint density at radius 3 is 2.71 bits per heavy atom. The Bertz CT molecular complexity index is 727. The third-order valence-corrected chi connectivity index (χ3v) is 3.24. The van der Waals surface area contributed by atoms with Crippen LogP contribution in [0.5, 0.6) is 0 Å².